The zero-order chi connectivity index (χ0) is 29.8. The van der Waals surface area contributed by atoms with Gasteiger partial charge in [0.15, 0.2) is 11.5 Å². The van der Waals surface area contributed by atoms with E-state index < -0.39 is 5.54 Å². The summed E-state index contributed by atoms with van der Waals surface area (Å²) in [4.78, 5) is 15.7. The molecule has 9 heteroatoms. The molecule has 226 valence electrons. The number of aromatic nitrogens is 4. The lowest BCUT2D eigenvalue weighted by Crippen LogP contribution is -2.55. The van der Waals surface area contributed by atoms with Crippen LogP contribution in [0.15, 0.2) is 60.7 Å². The fraction of sp³-hybridized carbons (Fsp3) is 0.485. The van der Waals surface area contributed by atoms with Crippen molar-refractivity contribution in [1.82, 2.24) is 25.1 Å². The molecule has 0 aliphatic heterocycles. The Kier molecular flexibility index (Phi) is 11.8. The third-order valence-electron chi connectivity index (χ3n) is 7.60. The second-order valence-electron chi connectivity index (χ2n) is 11.4. The summed E-state index contributed by atoms with van der Waals surface area (Å²) in [6.07, 6.45) is 12.6. The average molecular weight is 593 g/mol. The standard InChI is InChI=1S/C33H45ClN6O2/c1-4-5-6-7-8-9-10-11-12-16-23-39(28-17-14-13-15-18-28)32(41)33(2,3)35-25-42-30-24-29-36-37-31(40(29)38-30)26-19-21-27(34)22-20-26/h13-15,17-22,24,35,38H,4-12,16,23,25H2,1-3H3. The first kappa shape index (κ1) is 31.6. The van der Waals surface area contributed by atoms with Gasteiger partial charge in [-0.25, -0.2) is 4.52 Å². The quantitative estimate of drug-likeness (QED) is 0.0901. The fourth-order valence-electron chi connectivity index (χ4n) is 5.04. The number of carbonyl (C=O) groups excluding carboxylic acids is 1. The number of hydrogen-bond acceptors (Lipinski definition) is 5. The van der Waals surface area contributed by atoms with E-state index in [1.54, 1.807) is 10.6 Å². The molecule has 0 atom stereocenters. The third kappa shape index (κ3) is 8.82. The van der Waals surface area contributed by atoms with E-state index in [2.05, 4.69) is 27.5 Å². The van der Waals surface area contributed by atoms with Crippen LogP contribution >= 0.6 is 11.6 Å². The minimum atomic E-state index is -0.836. The lowest BCUT2D eigenvalue weighted by Gasteiger charge is -2.33. The van der Waals surface area contributed by atoms with Crippen LogP contribution in [0.25, 0.3) is 17.0 Å². The minimum absolute atomic E-state index is 0.0173. The van der Waals surface area contributed by atoms with Crippen LogP contribution in [0, 0.1) is 0 Å². The van der Waals surface area contributed by atoms with Crippen LogP contribution in [0.4, 0.5) is 5.69 Å². The summed E-state index contributed by atoms with van der Waals surface area (Å²) < 4.78 is 7.71. The SMILES string of the molecule is CCCCCCCCCCCCN(C(=O)C(C)(C)NCOc1cc2nnc(-c3ccc(Cl)cc3)n2[nH]1)c1ccccc1. The normalized spacial score (nSPS) is 11.7. The Morgan fingerprint density at radius 3 is 2.24 bits per heavy atom. The van der Waals surface area contributed by atoms with Crippen LogP contribution in [-0.4, -0.2) is 44.5 Å². The number of aromatic amines is 1. The molecule has 2 aromatic heterocycles. The maximum Gasteiger partial charge on any atom is 0.246 e. The summed E-state index contributed by atoms with van der Waals surface area (Å²) in [5.74, 6) is 1.20. The van der Waals surface area contributed by atoms with Gasteiger partial charge in [0.2, 0.25) is 11.8 Å². The number of ether oxygens (including phenoxy) is 1. The molecule has 4 aromatic rings. The molecule has 0 aliphatic rings. The van der Waals surface area contributed by atoms with E-state index in [4.69, 9.17) is 16.3 Å². The summed E-state index contributed by atoms with van der Waals surface area (Å²) in [6, 6.07) is 19.1. The largest absolute Gasteiger partial charge is 0.462 e. The average Bonchev–Trinajstić information content (AvgIpc) is 3.57. The molecular formula is C33H45ClN6O2. The monoisotopic (exact) mass is 592 g/mol. The van der Waals surface area contributed by atoms with Gasteiger partial charge >= 0.3 is 0 Å². The molecule has 2 aromatic carbocycles. The summed E-state index contributed by atoms with van der Waals surface area (Å²) in [5.41, 5.74) is 1.60. The zero-order valence-corrected chi connectivity index (χ0v) is 26.0. The highest BCUT2D eigenvalue weighted by molar-refractivity contribution is 6.30. The topological polar surface area (TPSA) is 87.6 Å². The number of amides is 1. The van der Waals surface area contributed by atoms with E-state index in [0.29, 0.717) is 28.9 Å². The Hall–Kier alpha value is -3.36. The molecule has 0 aliphatic carbocycles. The van der Waals surface area contributed by atoms with E-state index >= 15 is 0 Å². The van der Waals surface area contributed by atoms with Gasteiger partial charge in [-0.3, -0.25) is 15.2 Å². The molecule has 4 rings (SSSR count). The Morgan fingerprint density at radius 2 is 1.57 bits per heavy atom. The lowest BCUT2D eigenvalue weighted by molar-refractivity contribution is -0.124. The van der Waals surface area contributed by atoms with Gasteiger partial charge in [0.25, 0.3) is 0 Å². The van der Waals surface area contributed by atoms with Crippen LogP contribution in [-0.2, 0) is 4.79 Å². The van der Waals surface area contributed by atoms with Crippen molar-refractivity contribution in [3.05, 3.63) is 65.7 Å². The maximum atomic E-state index is 13.8. The van der Waals surface area contributed by atoms with Crippen molar-refractivity contribution in [3.8, 4) is 17.3 Å². The second-order valence-corrected chi connectivity index (χ2v) is 11.8. The number of hydrogen-bond donors (Lipinski definition) is 2. The summed E-state index contributed by atoms with van der Waals surface area (Å²) in [5, 5.41) is 15.6. The molecule has 0 unspecified atom stereocenters. The van der Waals surface area contributed by atoms with Gasteiger partial charge in [-0.15, -0.1) is 10.2 Å². The number of fused-ring (bicyclic) bond motifs is 1. The molecule has 42 heavy (non-hydrogen) atoms. The highest BCUT2D eigenvalue weighted by atomic mass is 35.5. The first-order valence-corrected chi connectivity index (χ1v) is 15.7. The number of carbonyl (C=O) groups is 1. The molecule has 0 spiro atoms. The van der Waals surface area contributed by atoms with Gasteiger partial charge in [-0.1, -0.05) is 94.5 Å². The van der Waals surface area contributed by atoms with E-state index in [9.17, 15) is 4.79 Å². The molecule has 0 fully saturated rings. The van der Waals surface area contributed by atoms with Crippen LogP contribution < -0.4 is 15.0 Å². The first-order valence-electron chi connectivity index (χ1n) is 15.3. The van der Waals surface area contributed by atoms with E-state index in [1.807, 2.05) is 73.3 Å². The van der Waals surface area contributed by atoms with E-state index in [0.717, 1.165) is 24.1 Å². The molecule has 8 nitrogen and oxygen atoms in total. The maximum absolute atomic E-state index is 13.8. The number of para-hydroxylation sites is 1. The third-order valence-corrected chi connectivity index (χ3v) is 7.85. The van der Waals surface area contributed by atoms with Crippen molar-refractivity contribution in [3.63, 3.8) is 0 Å². The summed E-state index contributed by atoms with van der Waals surface area (Å²) in [6.45, 7) is 6.90. The molecule has 0 radical (unpaired) electrons. The van der Waals surface area contributed by atoms with Crippen molar-refractivity contribution in [2.24, 2.45) is 0 Å². The van der Waals surface area contributed by atoms with E-state index in [1.165, 1.54) is 51.4 Å². The number of anilines is 1. The van der Waals surface area contributed by atoms with Crippen LogP contribution in [0.3, 0.4) is 0 Å². The van der Waals surface area contributed by atoms with Crippen molar-refractivity contribution in [1.29, 1.82) is 0 Å². The van der Waals surface area contributed by atoms with E-state index in [-0.39, 0.29) is 12.6 Å². The van der Waals surface area contributed by atoms with Crippen molar-refractivity contribution in [2.45, 2.75) is 90.5 Å². The van der Waals surface area contributed by atoms with Gasteiger partial charge in [0.05, 0.1) is 5.54 Å². The number of rotatable bonds is 18. The number of nitrogens with one attached hydrogen (secondary N) is 2. The summed E-state index contributed by atoms with van der Waals surface area (Å²) >= 11 is 6.03. The smallest absolute Gasteiger partial charge is 0.246 e. The molecule has 0 saturated heterocycles. The molecular weight excluding hydrogens is 548 g/mol. The molecule has 0 saturated carbocycles. The van der Waals surface area contributed by atoms with Crippen molar-refractivity contribution < 1.29 is 9.53 Å². The Balaban J connectivity index is 1.29. The minimum Gasteiger partial charge on any atom is -0.462 e. The highest BCUT2D eigenvalue weighted by Gasteiger charge is 2.32. The van der Waals surface area contributed by atoms with Gasteiger partial charge in [-0.05, 0) is 56.7 Å². The Morgan fingerprint density at radius 1 is 0.929 bits per heavy atom. The molecule has 0 bridgehead atoms. The highest BCUT2D eigenvalue weighted by Crippen LogP contribution is 2.23. The van der Waals surface area contributed by atoms with Gasteiger partial charge in [-0.2, -0.15) is 0 Å². The van der Waals surface area contributed by atoms with Crippen molar-refractivity contribution in [2.75, 3.05) is 18.2 Å². The number of halogens is 1. The number of H-pyrrole nitrogens is 1. The Bertz CT molecular complexity index is 1370. The number of benzene rings is 2. The van der Waals surface area contributed by atoms with Gasteiger partial charge in [0, 0.05) is 28.9 Å². The predicted octanol–water partition coefficient (Wildman–Crippen LogP) is 8.04. The summed E-state index contributed by atoms with van der Waals surface area (Å²) in [7, 11) is 0. The van der Waals surface area contributed by atoms with Crippen LogP contribution in [0.1, 0.15) is 85.0 Å². The van der Waals surface area contributed by atoms with Crippen LogP contribution in [0.2, 0.25) is 5.02 Å². The second kappa shape index (κ2) is 15.8. The number of unbranched alkanes of at least 4 members (excludes halogenated alkanes) is 9. The molecule has 2 N–H and O–H groups in total. The van der Waals surface area contributed by atoms with Gasteiger partial charge in [0.1, 0.15) is 6.73 Å². The fourth-order valence-corrected chi connectivity index (χ4v) is 5.17. The van der Waals surface area contributed by atoms with Gasteiger partial charge < -0.3 is 9.64 Å². The Labute approximate surface area is 254 Å². The van der Waals surface area contributed by atoms with Crippen molar-refractivity contribution >= 4 is 28.8 Å². The first-order chi connectivity index (χ1) is 20.4. The zero-order valence-electron chi connectivity index (χ0n) is 25.2. The lowest BCUT2D eigenvalue weighted by atomic mass is 10.0. The molecule has 1 amide bonds. The molecule has 2 heterocycles. The van der Waals surface area contributed by atoms with Crippen LogP contribution in [0.5, 0.6) is 5.88 Å². The predicted molar refractivity (Wildman–Crippen MR) is 171 cm³/mol. The number of nitrogens with zero attached hydrogens (tertiary/aromatic N) is 4.